The number of aromatic nitrogens is 3. The average Bonchev–Trinajstić information content (AvgIpc) is 3.05. The van der Waals surface area contributed by atoms with Crippen LogP contribution in [0.25, 0.3) is 5.65 Å². The second-order valence-electron chi connectivity index (χ2n) is 5.45. The van der Waals surface area contributed by atoms with Gasteiger partial charge >= 0.3 is 0 Å². The molecule has 0 amide bonds. The van der Waals surface area contributed by atoms with Gasteiger partial charge in [0, 0.05) is 31.5 Å². The van der Waals surface area contributed by atoms with Crippen LogP contribution in [0.2, 0.25) is 0 Å². The highest BCUT2D eigenvalue weighted by Crippen LogP contribution is 2.19. The number of likely N-dealkylation sites (N-methyl/N-ethyl adjacent to an activating group) is 1. The van der Waals surface area contributed by atoms with Crippen molar-refractivity contribution >= 4 is 17.3 Å². The van der Waals surface area contributed by atoms with Crippen LogP contribution in [0, 0.1) is 0 Å². The summed E-state index contributed by atoms with van der Waals surface area (Å²) in [6.45, 7) is 5.27. The molecule has 0 aromatic carbocycles. The van der Waals surface area contributed by atoms with E-state index in [0.717, 1.165) is 49.8 Å². The molecule has 0 saturated carbocycles. The highest BCUT2D eigenvalue weighted by Gasteiger charge is 2.21. The fourth-order valence-electron chi connectivity index (χ4n) is 2.61. The van der Waals surface area contributed by atoms with Crippen molar-refractivity contribution in [1.29, 1.82) is 0 Å². The van der Waals surface area contributed by atoms with Crippen LogP contribution in [0.1, 0.15) is 19.8 Å². The lowest BCUT2D eigenvalue weighted by atomic mass is 10.2. The molecular weight excluding hydrogens is 252 g/mol. The molecule has 2 aromatic rings. The van der Waals surface area contributed by atoms with E-state index in [-0.39, 0.29) is 0 Å². The van der Waals surface area contributed by atoms with Crippen LogP contribution >= 0.6 is 0 Å². The number of nitrogens with one attached hydrogen (secondary N) is 2. The van der Waals surface area contributed by atoms with Crippen LogP contribution in [-0.4, -0.2) is 52.0 Å². The van der Waals surface area contributed by atoms with E-state index in [4.69, 9.17) is 0 Å². The van der Waals surface area contributed by atoms with Crippen LogP contribution in [0.5, 0.6) is 0 Å². The number of hydrogen-bond donors (Lipinski definition) is 2. The van der Waals surface area contributed by atoms with Crippen molar-refractivity contribution in [3.05, 3.63) is 18.6 Å². The molecule has 1 aliphatic rings. The van der Waals surface area contributed by atoms with Gasteiger partial charge in [-0.15, -0.1) is 0 Å². The second kappa shape index (κ2) is 5.66. The van der Waals surface area contributed by atoms with Crippen molar-refractivity contribution in [2.24, 2.45) is 0 Å². The fraction of sp³-hybridized carbons (Fsp3) is 0.571. The van der Waals surface area contributed by atoms with E-state index in [1.54, 1.807) is 0 Å². The zero-order valence-electron chi connectivity index (χ0n) is 12.1. The zero-order valence-corrected chi connectivity index (χ0v) is 12.1. The second-order valence-corrected chi connectivity index (χ2v) is 5.45. The van der Waals surface area contributed by atoms with Gasteiger partial charge in [-0.25, -0.2) is 9.97 Å². The summed E-state index contributed by atoms with van der Waals surface area (Å²) in [5, 5.41) is 6.88. The molecule has 1 aliphatic heterocycles. The number of nitrogens with zero attached hydrogens (tertiary/aromatic N) is 4. The first kappa shape index (κ1) is 13.2. The van der Waals surface area contributed by atoms with Crippen molar-refractivity contribution in [3.8, 4) is 0 Å². The molecule has 6 heteroatoms. The Morgan fingerprint density at radius 3 is 3.10 bits per heavy atom. The van der Waals surface area contributed by atoms with Gasteiger partial charge in [-0.1, -0.05) is 6.92 Å². The van der Waals surface area contributed by atoms with Crippen molar-refractivity contribution < 1.29 is 0 Å². The molecule has 20 heavy (non-hydrogen) atoms. The lowest BCUT2D eigenvalue weighted by molar-refractivity contribution is 0.414. The molecule has 3 heterocycles. The summed E-state index contributed by atoms with van der Waals surface area (Å²) < 4.78 is 2.02. The molecule has 6 nitrogen and oxygen atoms in total. The normalized spacial score (nSPS) is 19.6. The number of hydrogen-bond acceptors (Lipinski definition) is 5. The van der Waals surface area contributed by atoms with Crippen LogP contribution in [0.15, 0.2) is 18.6 Å². The van der Waals surface area contributed by atoms with Crippen molar-refractivity contribution in [2.45, 2.75) is 25.8 Å². The zero-order chi connectivity index (χ0) is 13.9. The van der Waals surface area contributed by atoms with E-state index in [0.29, 0.717) is 6.04 Å². The molecule has 108 valence electrons. The maximum atomic E-state index is 4.68. The highest BCUT2D eigenvalue weighted by atomic mass is 15.2. The minimum atomic E-state index is 0.453. The standard InChI is InChI=1S/C14H22N6/c1-3-5-15-12-10-20-8-6-16-14(20)13(18-12)17-11-4-7-19(2)9-11/h6,8,10-11,15H,3-5,7,9H2,1-2H3,(H,17,18). The molecule has 0 radical (unpaired) electrons. The number of likely N-dealkylation sites (tertiary alicyclic amines) is 1. The van der Waals surface area contributed by atoms with Gasteiger partial charge in [0.25, 0.3) is 0 Å². The third kappa shape index (κ3) is 2.70. The van der Waals surface area contributed by atoms with E-state index in [1.807, 2.05) is 23.0 Å². The Bertz CT molecular complexity index is 578. The van der Waals surface area contributed by atoms with Crippen LogP contribution in [0.4, 0.5) is 11.6 Å². The summed E-state index contributed by atoms with van der Waals surface area (Å²) in [6.07, 6.45) is 7.99. The number of fused-ring (bicyclic) bond motifs is 1. The van der Waals surface area contributed by atoms with Gasteiger partial charge in [-0.2, -0.15) is 0 Å². The minimum Gasteiger partial charge on any atom is -0.369 e. The summed E-state index contributed by atoms with van der Waals surface area (Å²) in [5.74, 6) is 1.77. The Balaban J connectivity index is 1.85. The molecule has 0 bridgehead atoms. The van der Waals surface area contributed by atoms with Crippen molar-refractivity contribution in [3.63, 3.8) is 0 Å². The Labute approximate surface area is 119 Å². The Kier molecular flexibility index (Phi) is 3.73. The summed E-state index contributed by atoms with van der Waals surface area (Å²) in [4.78, 5) is 11.4. The predicted octanol–water partition coefficient (Wildman–Crippen LogP) is 1.67. The molecule has 2 aromatic heterocycles. The molecule has 1 saturated heterocycles. The molecule has 1 fully saturated rings. The Morgan fingerprint density at radius 1 is 1.45 bits per heavy atom. The minimum absolute atomic E-state index is 0.453. The topological polar surface area (TPSA) is 57.5 Å². The summed E-state index contributed by atoms with van der Waals surface area (Å²) in [6, 6.07) is 0.453. The molecule has 1 atom stereocenters. The maximum Gasteiger partial charge on any atom is 0.180 e. The van der Waals surface area contributed by atoms with Gasteiger partial charge in [0.2, 0.25) is 0 Å². The smallest absolute Gasteiger partial charge is 0.180 e. The molecule has 3 rings (SSSR count). The molecule has 2 N–H and O–H groups in total. The highest BCUT2D eigenvalue weighted by molar-refractivity contribution is 5.65. The third-order valence-corrected chi connectivity index (χ3v) is 3.66. The van der Waals surface area contributed by atoms with Gasteiger partial charge in [0.1, 0.15) is 5.82 Å². The van der Waals surface area contributed by atoms with Gasteiger partial charge in [-0.05, 0) is 26.4 Å². The maximum absolute atomic E-state index is 4.68. The van der Waals surface area contributed by atoms with E-state index < -0.39 is 0 Å². The van der Waals surface area contributed by atoms with Crippen LogP contribution in [0.3, 0.4) is 0 Å². The summed E-state index contributed by atoms with van der Waals surface area (Å²) in [7, 11) is 2.15. The third-order valence-electron chi connectivity index (χ3n) is 3.66. The molecular formula is C14H22N6. The van der Waals surface area contributed by atoms with Gasteiger partial charge in [-0.3, -0.25) is 0 Å². The first-order chi connectivity index (χ1) is 9.76. The van der Waals surface area contributed by atoms with Crippen molar-refractivity contribution in [1.82, 2.24) is 19.3 Å². The van der Waals surface area contributed by atoms with Gasteiger partial charge in [0.05, 0.1) is 6.20 Å². The number of anilines is 2. The predicted molar refractivity (Wildman–Crippen MR) is 81.3 cm³/mol. The fourth-order valence-corrected chi connectivity index (χ4v) is 2.61. The largest absolute Gasteiger partial charge is 0.369 e. The van der Waals surface area contributed by atoms with E-state index in [1.165, 1.54) is 0 Å². The van der Waals surface area contributed by atoms with Crippen molar-refractivity contribution in [2.75, 3.05) is 37.3 Å². The van der Waals surface area contributed by atoms with Gasteiger partial charge < -0.3 is 19.9 Å². The lowest BCUT2D eigenvalue weighted by Crippen LogP contribution is -2.24. The first-order valence-electron chi connectivity index (χ1n) is 7.29. The first-order valence-corrected chi connectivity index (χ1v) is 7.29. The molecule has 1 unspecified atom stereocenters. The average molecular weight is 274 g/mol. The molecule has 0 spiro atoms. The number of imidazole rings is 1. The Morgan fingerprint density at radius 2 is 2.35 bits per heavy atom. The van der Waals surface area contributed by atoms with E-state index in [9.17, 15) is 0 Å². The van der Waals surface area contributed by atoms with Gasteiger partial charge in [0.15, 0.2) is 11.5 Å². The van der Waals surface area contributed by atoms with Crippen LogP contribution < -0.4 is 10.6 Å². The van der Waals surface area contributed by atoms with E-state index in [2.05, 4.69) is 39.5 Å². The quantitative estimate of drug-likeness (QED) is 0.868. The molecule has 0 aliphatic carbocycles. The van der Waals surface area contributed by atoms with E-state index >= 15 is 0 Å². The summed E-state index contributed by atoms with van der Waals surface area (Å²) >= 11 is 0. The monoisotopic (exact) mass is 274 g/mol. The lowest BCUT2D eigenvalue weighted by Gasteiger charge is -2.15. The number of rotatable bonds is 5. The SMILES string of the molecule is CCCNc1cn2ccnc2c(NC2CCN(C)C2)n1. The summed E-state index contributed by atoms with van der Waals surface area (Å²) in [5.41, 5.74) is 0.890. The van der Waals surface area contributed by atoms with Crippen LogP contribution in [-0.2, 0) is 0 Å². The Hall–Kier alpha value is -1.82.